The highest BCUT2D eigenvalue weighted by atomic mass is 79.9. The van der Waals surface area contributed by atoms with Gasteiger partial charge in [-0.05, 0) is 35.1 Å². The topological polar surface area (TPSA) is 42.2 Å². The van der Waals surface area contributed by atoms with E-state index in [2.05, 4.69) is 21.2 Å². The minimum Gasteiger partial charge on any atom is -0.446 e. The maximum Gasteiger partial charge on any atom is 0.211 e. The van der Waals surface area contributed by atoms with E-state index in [1.54, 1.807) is 19.2 Å². The van der Waals surface area contributed by atoms with Crippen LogP contribution in [0, 0.1) is 0 Å². The van der Waals surface area contributed by atoms with E-state index in [1.165, 1.54) is 0 Å². The van der Waals surface area contributed by atoms with E-state index in [-0.39, 0.29) is 5.78 Å². The lowest BCUT2D eigenvalue weighted by Crippen LogP contribution is -2.17. The fraction of sp³-hybridized carbons (Fsp3) is 0.286. The highest BCUT2D eigenvalue weighted by molar-refractivity contribution is 9.10. The first kappa shape index (κ1) is 8.49. The third kappa shape index (κ3) is 2.17. The van der Waals surface area contributed by atoms with Crippen LogP contribution in [0.2, 0.25) is 0 Å². The first-order valence-corrected chi connectivity index (χ1v) is 3.96. The monoisotopic (exact) mass is 217 g/mol. The minimum absolute atomic E-state index is 0.0433. The zero-order chi connectivity index (χ0) is 8.27. The molecule has 0 aliphatic carbocycles. The molecule has 1 N–H and O–H groups in total. The third-order valence-electron chi connectivity index (χ3n) is 1.19. The molecule has 0 saturated carbocycles. The van der Waals surface area contributed by atoms with Crippen molar-refractivity contribution in [2.24, 2.45) is 0 Å². The van der Waals surface area contributed by atoms with Crippen molar-refractivity contribution in [2.75, 3.05) is 13.6 Å². The number of Topliss-reactive ketones (excluding diaryl/α,β-unsaturated/α-hetero) is 1. The Morgan fingerprint density at radius 1 is 1.73 bits per heavy atom. The van der Waals surface area contributed by atoms with Crippen molar-refractivity contribution in [2.45, 2.75) is 0 Å². The average molecular weight is 218 g/mol. The summed E-state index contributed by atoms with van der Waals surface area (Å²) >= 11 is 3.11. The zero-order valence-electron chi connectivity index (χ0n) is 6.06. The van der Waals surface area contributed by atoms with Gasteiger partial charge >= 0.3 is 0 Å². The lowest BCUT2D eigenvalue weighted by molar-refractivity contribution is 0.0966. The summed E-state index contributed by atoms with van der Waals surface area (Å²) in [6.45, 7) is 0.306. The Bertz CT molecular complexity index is 257. The van der Waals surface area contributed by atoms with Crippen LogP contribution in [0.25, 0.3) is 0 Å². The Labute approximate surface area is 72.9 Å². The first-order chi connectivity index (χ1) is 5.24. The Balaban J connectivity index is 2.69. The Morgan fingerprint density at radius 2 is 2.45 bits per heavy atom. The van der Waals surface area contributed by atoms with Crippen LogP contribution < -0.4 is 5.32 Å². The fourth-order valence-electron chi connectivity index (χ4n) is 0.712. The molecular weight excluding hydrogens is 210 g/mol. The smallest absolute Gasteiger partial charge is 0.211 e. The summed E-state index contributed by atoms with van der Waals surface area (Å²) in [5.41, 5.74) is 0. The number of furan rings is 1. The van der Waals surface area contributed by atoms with E-state index >= 15 is 0 Å². The molecule has 11 heavy (non-hydrogen) atoms. The molecule has 3 nitrogen and oxygen atoms in total. The Hall–Kier alpha value is -0.610. The summed E-state index contributed by atoms with van der Waals surface area (Å²) in [4.78, 5) is 11.1. The number of nitrogens with one attached hydrogen (secondary N) is 1. The van der Waals surface area contributed by atoms with Crippen LogP contribution in [0.15, 0.2) is 21.2 Å². The molecule has 0 amide bonds. The maximum absolute atomic E-state index is 11.1. The summed E-state index contributed by atoms with van der Waals surface area (Å²) in [7, 11) is 1.72. The SMILES string of the molecule is CNCC(=O)c1ccc(Br)o1. The molecule has 0 saturated heterocycles. The molecule has 0 bridgehead atoms. The lowest BCUT2D eigenvalue weighted by atomic mass is 10.3. The van der Waals surface area contributed by atoms with Crippen molar-refractivity contribution in [3.63, 3.8) is 0 Å². The largest absolute Gasteiger partial charge is 0.446 e. The third-order valence-corrected chi connectivity index (χ3v) is 1.61. The van der Waals surface area contributed by atoms with Gasteiger partial charge in [-0.25, -0.2) is 0 Å². The normalized spacial score (nSPS) is 10.0. The lowest BCUT2D eigenvalue weighted by Gasteiger charge is -1.92. The minimum atomic E-state index is -0.0433. The van der Waals surface area contributed by atoms with Crippen molar-refractivity contribution in [3.05, 3.63) is 22.6 Å². The second-order valence-electron chi connectivity index (χ2n) is 2.06. The second-order valence-corrected chi connectivity index (χ2v) is 2.84. The van der Waals surface area contributed by atoms with Gasteiger partial charge in [0.25, 0.3) is 0 Å². The number of carbonyl (C=O) groups is 1. The molecule has 0 aliphatic heterocycles. The number of rotatable bonds is 3. The maximum atomic E-state index is 11.1. The van der Waals surface area contributed by atoms with Crippen LogP contribution in [0.5, 0.6) is 0 Å². The predicted molar refractivity (Wildman–Crippen MR) is 44.7 cm³/mol. The number of hydrogen-bond acceptors (Lipinski definition) is 3. The number of halogens is 1. The number of likely N-dealkylation sites (N-methyl/N-ethyl adjacent to an activating group) is 1. The van der Waals surface area contributed by atoms with Crippen LogP contribution in [0.3, 0.4) is 0 Å². The van der Waals surface area contributed by atoms with E-state index in [0.29, 0.717) is 17.0 Å². The van der Waals surface area contributed by atoms with Gasteiger partial charge in [-0.15, -0.1) is 0 Å². The van der Waals surface area contributed by atoms with Gasteiger partial charge in [-0.2, -0.15) is 0 Å². The summed E-state index contributed by atoms with van der Waals surface area (Å²) in [5, 5.41) is 2.75. The standard InChI is InChI=1S/C7H8BrNO2/c1-9-4-5(10)6-2-3-7(8)11-6/h2-3,9H,4H2,1H3. The highest BCUT2D eigenvalue weighted by Crippen LogP contribution is 2.13. The molecular formula is C7H8BrNO2. The van der Waals surface area contributed by atoms with E-state index in [1.807, 2.05) is 0 Å². The number of ketones is 1. The quantitative estimate of drug-likeness (QED) is 0.780. The molecule has 0 radical (unpaired) electrons. The van der Waals surface area contributed by atoms with Crippen molar-refractivity contribution >= 4 is 21.7 Å². The molecule has 1 heterocycles. The highest BCUT2D eigenvalue weighted by Gasteiger charge is 2.07. The van der Waals surface area contributed by atoms with Crippen LogP contribution in [0.1, 0.15) is 10.6 Å². The summed E-state index contributed by atoms with van der Waals surface area (Å²) in [6, 6.07) is 3.34. The van der Waals surface area contributed by atoms with E-state index in [4.69, 9.17) is 4.42 Å². The predicted octanol–water partition coefficient (Wildman–Crippen LogP) is 1.44. The number of hydrogen-bond donors (Lipinski definition) is 1. The van der Waals surface area contributed by atoms with Gasteiger partial charge in [0.15, 0.2) is 10.4 Å². The summed E-state index contributed by atoms with van der Waals surface area (Å²) in [5.74, 6) is 0.337. The molecule has 0 unspecified atom stereocenters. The van der Waals surface area contributed by atoms with Crippen molar-refractivity contribution in [1.82, 2.24) is 5.32 Å². The van der Waals surface area contributed by atoms with Gasteiger partial charge in [-0.3, -0.25) is 4.79 Å². The number of carbonyl (C=O) groups excluding carboxylic acids is 1. The molecule has 1 aromatic rings. The van der Waals surface area contributed by atoms with Gasteiger partial charge in [0.2, 0.25) is 5.78 Å². The van der Waals surface area contributed by atoms with Crippen LogP contribution in [-0.4, -0.2) is 19.4 Å². The molecule has 0 spiro atoms. The fourth-order valence-corrected chi connectivity index (χ4v) is 1.02. The first-order valence-electron chi connectivity index (χ1n) is 3.17. The second kappa shape index (κ2) is 3.69. The van der Waals surface area contributed by atoms with Crippen LogP contribution in [-0.2, 0) is 0 Å². The average Bonchev–Trinajstić information content (AvgIpc) is 2.36. The van der Waals surface area contributed by atoms with Crippen molar-refractivity contribution in [1.29, 1.82) is 0 Å². The molecule has 4 heteroatoms. The van der Waals surface area contributed by atoms with E-state index < -0.39 is 0 Å². The van der Waals surface area contributed by atoms with Crippen LogP contribution in [0.4, 0.5) is 0 Å². The van der Waals surface area contributed by atoms with Gasteiger partial charge < -0.3 is 9.73 Å². The molecule has 0 aromatic carbocycles. The zero-order valence-corrected chi connectivity index (χ0v) is 7.64. The van der Waals surface area contributed by atoms with E-state index in [9.17, 15) is 4.79 Å². The van der Waals surface area contributed by atoms with E-state index in [0.717, 1.165) is 0 Å². The molecule has 0 aliphatic rings. The van der Waals surface area contributed by atoms with Gasteiger partial charge in [0.05, 0.1) is 6.54 Å². The summed E-state index contributed by atoms with van der Waals surface area (Å²) < 4.78 is 5.61. The Morgan fingerprint density at radius 3 is 2.91 bits per heavy atom. The molecule has 60 valence electrons. The molecule has 0 atom stereocenters. The Kier molecular flexibility index (Phi) is 2.84. The van der Waals surface area contributed by atoms with Crippen molar-refractivity contribution in [3.8, 4) is 0 Å². The van der Waals surface area contributed by atoms with Crippen LogP contribution >= 0.6 is 15.9 Å². The molecule has 0 fully saturated rings. The van der Waals surface area contributed by atoms with Gasteiger partial charge in [0, 0.05) is 0 Å². The summed E-state index contributed by atoms with van der Waals surface area (Å²) in [6.07, 6.45) is 0. The van der Waals surface area contributed by atoms with Crippen molar-refractivity contribution < 1.29 is 9.21 Å². The van der Waals surface area contributed by atoms with Gasteiger partial charge in [-0.1, -0.05) is 0 Å². The molecule has 1 aromatic heterocycles. The van der Waals surface area contributed by atoms with Gasteiger partial charge in [0.1, 0.15) is 0 Å². The molecule has 1 rings (SSSR count).